The van der Waals surface area contributed by atoms with Crippen LogP contribution in [0.15, 0.2) is 46.9 Å². The summed E-state index contributed by atoms with van der Waals surface area (Å²) in [6.07, 6.45) is 2.02. The maximum Gasteiger partial charge on any atom is 0.261 e. The van der Waals surface area contributed by atoms with Crippen molar-refractivity contribution in [3.05, 3.63) is 52.5 Å². The molecule has 0 unspecified atom stereocenters. The van der Waals surface area contributed by atoms with Crippen LogP contribution in [0.25, 0.3) is 0 Å². The number of anilines is 1. The molecule has 0 saturated heterocycles. The summed E-state index contributed by atoms with van der Waals surface area (Å²) in [5.41, 5.74) is 1.09. The van der Waals surface area contributed by atoms with Crippen LogP contribution in [0.3, 0.4) is 0 Å². The molecule has 0 aliphatic carbocycles. The quantitative estimate of drug-likeness (QED) is 0.483. The second-order valence-corrected chi connectivity index (χ2v) is 6.77. The van der Waals surface area contributed by atoms with Crippen molar-refractivity contribution in [1.29, 1.82) is 0 Å². The van der Waals surface area contributed by atoms with Crippen LogP contribution in [-0.2, 0) is 0 Å². The second-order valence-electron chi connectivity index (χ2n) is 5.45. The molecule has 0 aromatic heterocycles. The van der Waals surface area contributed by atoms with Gasteiger partial charge in [0.1, 0.15) is 11.5 Å². The van der Waals surface area contributed by atoms with E-state index in [1.165, 1.54) is 7.11 Å². The Morgan fingerprint density at radius 1 is 1.19 bits per heavy atom. The lowest BCUT2D eigenvalue weighted by Crippen LogP contribution is -2.34. The van der Waals surface area contributed by atoms with E-state index in [0.717, 1.165) is 17.3 Å². The van der Waals surface area contributed by atoms with E-state index in [0.29, 0.717) is 29.4 Å². The Morgan fingerprint density at radius 2 is 1.96 bits per heavy atom. The molecule has 0 radical (unpaired) electrons. The summed E-state index contributed by atoms with van der Waals surface area (Å²) < 4.78 is 11.8. The van der Waals surface area contributed by atoms with Crippen molar-refractivity contribution in [2.24, 2.45) is 0 Å². The number of nitrogens with one attached hydrogen (secondary N) is 2. The third kappa shape index (κ3) is 5.71. The molecule has 2 N–H and O–H groups in total. The van der Waals surface area contributed by atoms with Gasteiger partial charge in [0.25, 0.3) is 5.91 Å². The van der Waals surface area contributed by atoms with Gasteiger partial charge >= 0.3 is 0 Å². The number of amides is 1. The first-order valence-electron chi connectivity index (χ1n) is 8.22. The number of unbranched alkanes of at least 4 members (excludes halogenated alkanes) is 1. The molecule has 0 heterocycles. The van der Waals surface area contributed by atoms with Crippen molar-refractivity contribution in [2.75, 3.05) is 19.0 Å². The Hall–Kier alpha value is -2.12. The van der Waals surface area contributed by atoms with Crippen LogP contribution in [0, 0.1) is 0 Å². The molecule has 2 rings (SSSR count). The van der Waals surface area contributed by atoms with Crippen LogP contribution >= 0.6 is 28.1 Å². The zero-order chi connectivity index (χ0) is 18.9. The summed E-state index contributed by atoms with van der Waals surface area (Å²) in [7, 11) is 1.51. The highest BCUT2D eigenvalue weighted by atomic mass is 79.9. The average molecular weight is 437 g/mol. The van der Waals surface area contributed by atoms with Gasteiger partial charge in [0.2, 0.25) is 0 Å². The molecule has 26 heavy (non-hydrogen) atoms. The predicted octanol–water partition coefficient (Wildman–Crippen LogP) is 4.76. The smallest absolute Gasteiger partial charge is 0.261 e. The Bertz CT molecular complexity index is 783. The van der Waals surface area contributed by atoms with Gasteiger partial charge < -0.3 is 14.8 Å². The number of ether oxygens (including phenoxy) is 2. The number of hydrogen-bond donors (Lipinski definition) is 2. The fourth-order valence-corrected chi connectivity index (χ4v) is 2.77. The topological polar surface area (TPSA) is 59.6 Å². The number of benzene rings is 2. The number of rotatable bonds is 7. The van der Waals surface area contributed by atoms with Gasteiger partial charge in [-0.1, -0.05) is 41.4 Å². The van der Waals surface area contributed by atoms with Crippen molar-refractivity contribution in [3.8, 4) is 11.5 Å². The highest BCUT2D eigenvalue weighted by Crippen LogP contribution is 2.25. The summed E-state index contributed by atoms with van der Waals surface area (Å²) in [4.78, 5) is 12.5. The molecule has 2 aromatic carbocycles. The van der Waals surface area contributed by atoms with Crippen LogP contribution in [0.1, 0.15) is 30.1 Å². The van der Waals surface area contributed by atoms with Crippen molar-refractivity contribution in [2.45, 2.75) is 19.8 Å². The van der Waals surface area contributed by atoms with E-state index in [1.54, 1.807) is 18.2 Å². The highest BCUT2D eigenvalue weighted by molar-refractivity contribution is 9.10. The van der Waals surface area contributed by atoms with E-state index >= 15 is 0 Å². The molecule has 1 amide bonds. The van der Waals surface area contributed by atoms with Crippen molar-refractivity contribution >= 4 is 44.9 Å². The molecule has 0 aliphatic rings. The van der Waals surface area contributed by atoms with Gasteiger partial charge in [-0.05, 0) is 49.0 Å². The number of para-hydroxylation sites is 2. The summed E-state index contributed by atoms with van der Waals surface area (Å²) in [5.74, 6) is 0.805. The number of carbonyl (C=O) groups is 1. The van der Waals surface area contributed by atoms with Gasteiger partial charge in [-0.3, -0.25) is 10.1 Å². The van der Waals surface area contributed by atoms with E-state index in [9.17, 15) is 4.79 Å². The average Bonchev–Trinajstić information content (AvgIpc) is 2.63. The maximum atomic E-state index is 12.5. The zero-order valence-electron chi connectivity index (χ0n) is 14.7. The zero-order valence-corrected chi connectivity index (χ0v) is 17.1. The van der Waals surface area contributed by atoms with E-state index in [4.69, 9.17) is 21.7 Å². The Kier molecular flexibility index (Phi) is 7.87. The number of hydrogen-bond acceptors (Lipinski definition) is 4. The van der Waals surface area contributed by atoms with E-state index < -0.39 is 0 Å². The number of halogens is 1. The first-order chi connectivity index (χ1) is 12.5. The molecule has 7 heteroatoms. The maximum absolute atomic E-state index is 12.5. The van der Waals surface area contributed by atoms with Crippen LogP contribution in [-0.4, -0.2) is 24.7 Å². The van der Waals surface area contributed by atoms with Crippen molar-refractivity contribution in [1.82, 2.24) is 5.32 Å². The standard InChI is InChI=1S/C19H21BrN2O3S/c1-3-4-11-25-17-8-6-5-7-15(17)21-19(26)22-18(23)14-12-13(20)9-10-16(14)24-2/h5-10,12H,3-4,11H2,1-2H3,(H2,21,22,23,26). The third-order valence-electron chi connectivity index (χ3n) is 3.52. The van der Waals surface area contributed by atoms with Gasteiger partial charge in [0.05, 0.1) is 25.0 Å². The predicted molar refractivity (Wildman–Crippen MR) is 111 cm³/mol. The first kappa shape index (κ1) is 20.2. The fraction of sp³-hybridized carbons (Fsp3) is 0.263. The van der Waals surface area contributed by atoms with Crippen molar-refractivity contribution < 1.29 is 14.3 Å². The van der Waals surface area contributed by atoms with Gasteiger partial charge in [0.15, 0.2) is 5.11 Å². The van der Waals surface area contributed by atoms with Crippen LogP contribution in [0.5, 0.6) is 11.5 Å². The molecular formula is C19H21BrN2O3S. The van der Waals surface area contributed by atoms with Crippen molar-refractivity contribution in [3.63, 3.8) is 0 Å². The SMILES string of the molecule is CCCCOc1ccccc1NC(=S)NC(=O)c1cc(Br)ccc1OC. The molecule has 0 bridgehead atoms. The number of methoxy groups -OCH3 is 1. The van der Waals surface area contributed by atoms with Gasteiger partial charge in [-0.25, -0.2) is 0 Å². The van der Waals surface area contributed by atoms with E-state index in [2.05, 4.69) is 33.5 Å². The van der Waals surface area contributed by atoms with Crippen LogP contribution in [0.2, 0.25) is 0 Å². The lowest BCUT2D eigenvalue weighted by Gasteiger charge is -2.15. The fourth-order valence-electron chi connectivity index (χ4n) is 2.20. The molecule has 0 atom stereocenters. The van der Waals surface area contributed by atoms with Gasteiger partial charge in [-0.2, -0.15) is 0 Å². The van der Waals surface area contributed by atoms with Gasteiger partial charge in [0, 0.05) is 4.47 Å². The minimum Gasteiger partial charge on any atom is -0.496 e. The molecule has 2 aromatic rings. The second kappa shape index (κ2) is 10.1. The first-order valence-corrected chi connectivity index (χ1v) is 9.43. The molecule has 5 nitrogen and oxygen atoms in total. The number of thiocarbonyl (C=S) groups is 1. The Balaban J connectivity index is 2.05. The third-order valence-corrected chi connectivity index (χ3v) is 4.22. The lowest BCUT2D eigenvalue weighted by molar-refractivity contribution is 0.0974. The molecular weight excluding hydrogens is 416 g/mol. The van der Waals surface area contributed by atoms with Crippen LogP contribution in [0.4, 0.5) is 5.69 Å². The molecule has 138 valence electrons. The van der Waals surface area contributed by atoms with Gasteiger partial charge in [-0.15, -0.1) is 0 Å². The normalized spacial score (nSPS) is 10.1. The summed E-state index contributed by atoms with van der Waals surface area (Å²) in [6, 6.07) is 12.7. The summed E-state index contributed by atoms with van der Waals surface area (Å²) in [6.45, 7) is 2.73. The Labute approximate surface area is 167 Å². The van der Waals surface area contributed by atoms with E-state index in [-0.39, 0.29) is 11.0 Å². The summed E-state index contributed by atoms with van der Waals surface area (Å²) in [5, 5.41) is 5.86. The van der Waals surface area contributed by atoms with Crippen LogP contribution < -0.4 is 20.1 Å². The Morgan fingerprint density at radius 3 is 2.69 bits per heavy atom. The highest BCUT2D eigenvalue weighted by Gasteiger charge is 2.15. The van der Waals surface area contributed by atoms with E-state index in [1.807, 2.05) is 24.3 Å². The molecule has 0 saturated carbocycles. The monoisotopic (exact) mass is 436 g/mol. The summed E-state index contributed by atoms with van der Waals surface area (Å²) >= 11 is 8.62. The minimum atomic E-state index is -0.356. The number of carbonyl (C=O) groups excluding carboxylic acids is 1. The largest absolute Gasteiger partial charge is 0.496 e. The molecule has 0 fully saturated rings. The minimum absolute atomic E-state index is 0.184. The lowest BCUT2D eigenvalue weighted by atomic mass is 10.2. The molecule has 0 spiro atoms. The molecule has 0 aliphatic heterocycles.